The summed E-state index contributed by atoms with van der Waals surface area (Å²) < 4.78 is 38.7. The summed E-state index contributed by atoms with van der Waals surface area (Å²) in [5.41, 5.74) is -0.165. The number of hydrogen-bond acceptors (Lipinski definition) is 4. The van der Waals surface area contributed by atoms with E-state index in [2.05, 4.69) is 4.98 Å². The number of nitrogens with zero attached hydrogens (tertiary/aromatic N) is 2. The molecule has 3 rings (SSSR count). The van der Waals surface area contributed by atoms with E-state index in [1.54, 1.807) is 30.5 Å². The second-order valence-electron chi connectivity index (χ2n) is 4.82. The number of aromatic nitrogens is 1. The lowest BCUT2D eigenvalue weighted by Crippen LogP contribution is -2.27. The van der Waals surface area contributed by atoms with Crippen molar-refractivity contribution in [1.29, 1.82) is 0 Å². The van der Waals surface area contributed by atoms with E-state index in [0.29, 0.717) is 10.6 Å². The summed E-state index contributed by atoms with van der Waals surface area (Å²) in [6, 6.07) is 9.76. The molecule has 0 N–H and O–H groups in total. The zero-order chi connectivity index (χ0) is 17.3. The van der Waals surface area contributed by atoms with Crippen LogP contribution in [-0.4, -0.2) is 15.2 Å². The molecule has 1 fully saturated rings. The van der Waals surface area contributed by atoms with Crippen LogP contribution in [0.15, 0.2) is 53.6 Å². The molecule has 2 aromatic rings. The van der Waals surface area contributed by atoms with E-state index in [1.807, 2.05) is 0 Å². The van der Waals surface area contributed by atoms with Crippen molar-refractivity contribution in [2.75, 3.05) is 4.90 Å². The fourth-order valence-corrected chi connectivity index (χ4v) is 3.39. The number of thioether (sulfide) groups is 1. The first-order chi connectivity index (χ1) is 11.4. The first-order valence-electron chi connectivity index (χ1n) is 6.72. The summed E-state index contributed by atoms with van der Waals surface area (Å²) in [7, 11) is 0. The van der Waals surface area contributed by atoms with E-state index in [1.165, 1.54) is 12.1 Å². The lowest BCUT2D eigenvalue weighted by Gasteiger charge is -2.16. The van der Waals surface area contributed by atoms with Gasteiger partial charge >= 0.3 is 6.18 Å². The molecule has 0 radical (unpaired) electrons. The molecule has 1 aliphatic heterocycles. The largest absolute Gasteiger partial charge is 0.416 e. The van der Waals surface area contributed by atoms with Gasteiger partial charge in [0.2, 0.25) is 0 Å². The van der Waals surface area contributed by atoms with Gasteiger partial charge in [-0.15, -0.1) is 0 Å². The van der Waals surface area contributed by atoms with Crippen LogP contribution in [0.3, 0.4) is 0 Å². The highest BCUT2D eigenvalue weighted by Crippen LogP contribution is 2.38. The molecule has 3 nitrogen and oxygen atoms in total. The van der Waals surface area contributed by atoms with Crippen LogP contribution in [0.2, 0.25) is 0 Å². The third-order valence-electron chi connectivity index (χ3n) is 3.19. The maximum absolute atomic E-state index is 12.9. The number of amides is 1. The molecule has 1 aromatic heterocycles. The number of carbonyl (C=O) groups excluding carboxylic acids is 1. The van der Waals surface area contributed by atoms with Crippen LogP contribution in [0, 0.1) is 0 Å². The van der Waals surface area contributed by atoms with E-state index in [0.717, 1.165) is 28.8 Å². The number of benzene rings is 1. The Kier molecular flexibility index (Phi) is 4.42. The van der Waals surface area contributed by atoms with Crippen LogP contribution < -0.4 is 4.90 Å². The van der Waals surface area contributed by atoms with Crippen LogP contribution in [-0.2, 0) is 11.0 Å². The number of alkyl halides is 3. The van der Waals surface area contributed by atoms with Crippen molar-refractivity contribution in [3.8, 4) is 0 Å². The Labute approximate surface area is 145 Å². The van der Waals surface area contributed by atoms with Crippen LogP contribution >= 0.6 is 24.0 Å². The minimum Gasteiger partial charge on any atom is -0.268 e. The van der Waals surface area contributed by atoms with E-state index in [4.69, 9.17) is 12.2 Å². The van der Waals surface area contributed by atoms with Crippen molar-refractivity contribution in [2.24, 2.45) is 0 Å². The average Bonchev–Trinajstić information content (AvgIpc) is 2.82. The maximum atomic E-state index is 12.9. The average molecular weight is 366 g/mol. The molecule has 1 saturated heterocycles. The van der Waals surface area contributed by atoms with E-state index in [9.17, 15) is 18.0 Å². The Morgan fingerprint density at radius 1 is 1.17 bits per heavy atom. The van der Waals surface area contributed by atoms with Gasteiger partial charge in [0.15, 0.2) is 4.32 Å². The van der Waals surface area contributed by atoms with Crippen molar-refractivity contribution in [1.82, 2.24) is 4.98 Å². The van der Waals surface area contributed by atoms with Crippen LogP contribution in [0.25, 0.3) is 6.08 Å². The molecule has 24 heavy (non-hydrogen) atoms. The zero-order valence-electron chi connectivity index (χ0n) is 11.9. The lowest BCUT2D eigenvalue weighted by atomic mass is 10.2. The highest BCUT2D eigenvalue weighted by molar-refractivity contribution is 8.27. The van der Waals surface area contributed by atoms with Crippen molar-refractivity contribution in [2.45, 2.75) is 6.18 Å². The van der Waals surface area contributed by atoms with Crippen LogP contribution in [0.4, 0.5) is 18.9 Å². The summed E-state index contributed by atoms with van der Waals surface area (Å²) in [6.45, 7) is 0. The molecule has 1 aliphatic rings. The third kappa shape index (κ3) is 3.34. The minimum atomic E-state index is -4.49. The van der Waals surface area contributed by atoms with Crippen molar-refractivity contribution in [3.63, 3.8) is 0 Å². The Hall–Kier alpha value is -2.19. The lowest BCUT2D eigenvalue weighted by molar-refractivity contribution is -0.137. The van der Waals surface area contributed by atoms with Gasteiger partial charge in [-0.2, -0.15) is 13.2 Å². The van der Waals surface area contributed by atoms with Gasteiger partial charge in [0.25, 0.3) is 5.91 Å². The van der Waals surface area contributed by atoms with E-state index in [-0.39, 0.29) is 10.0 Å². The number of pyridine rings is 1. The standard InChI is InChI=1S/C16H9F3N2OS2/c17-16(18,19)10-4-3-6-12(8-10)21-14(22)13(24-15(21)23)9-11-5-1-2-7-20-11/h1-9H. The van der Waals surface area contributed by atoms with Gasteiger partial charge < -0.3 is 0 Å². The molecule has 1 amide bonds. The molecule has 1 aromatic carbocycles. The van der Waals surface area contributed by atoms with Crippen molar-refractivity contribution >= 4 is 46.0 Å². The Bertz CT molecular complexity index is 835. The fraction of sp³-hybridized carbons (Fsp3) is 0.0625. The van der Waals surface area contributed by atoms with Gasteiger partial charge in [-0.3, -0.25) is 14.7 Å². The topological polar surface area (TPSA) is 33.2 Å². The SMILES string of the molecule is O=C1C(=Cc2ccccn2)SC(=S)N1c1cccc(C(F)(F)F)c1. The summed E-state index contributed by atoms with van der Waals surface area (Å²) in [5.74, 6) is -0.463. The first kappa shape index (κ1) is 16.7. The van der Waals surface area contributed by atoms with Crippen molar-refractivity contribution in [3.05, 3.63) is 64.8 Å². The molecule has 0 saturated carbocycles. The summed E-state index contributed by atoms with van der Waals surface area (Å²) in [5, 5.41) is 0. The Morgan fingerprint density at radius 3 is 2.62 bits per heavy atom. The van der Waals surface area contributed by atoms with Gasteiger partial charge in [0.05, 0.1) is 21.8 Å². The number of carbonyl (C=O) groups is 1. The smallest absolute Gasteiger partial charge is 0.268 e. The normalized spacial score (nSPS) is 17.0. The first-order valence-corrected chi connectivity index (χ1v) is 7.95. The summed E-state index contributed by atoms with van der Waals surface area (Å²) in [6.07, 6.45) is -1.34. The zero-order valence-corrected chi connectivity index (χ0v) is 13.6. The molecule has 8 heteroatoms. The highest BCUT2D eigenvalue weighted by Gasteiger charge is 2.36. The second kappa shape index (κ2) is 6.37. The van der Waals surface area contributed by atoms with Gasteiger partial charge in [0.1, 0.15) is 0 Å². The molecular formula is C16H9F3N2OS2. The van der Waals surface area contributed by atoms with E-state index >= 15 is 0 Å². The molecule has 0 unspecified atom stereocenters. The number of rotatable bonds is 2. The van der Waals surface area contributed by atoms with Gasteiger partial charge in [0, 0.05) is 6.20 Å². The predicted molar refractivity (Wildman–Crippen MR) is 91.3 cm³/mol. The fourth-order valence-electron chi connectivity index (χ4n) is 2.11. The third-order valence-corrected chi connectivity index (χ3v) is 4.49. The monoisotopic (exact) mass is 366 g/mol. The molecular weight excluding hydrogens is 357 g/mol. The molecule has 0 bridgehead atoms. The molecule has 0 spiro atoms. The Balaban J connectivity index is 1.94. The summed E-state index contributed by atoms with van der Waals surface area (Å²) in [4.78, 5) is 18.0. The molecule has 0 atom stereocenters. The van der Waals surface area contributed by atoms with Crippen molar-refractivity contribution < 1.29 is 18.0 Å². The van der Waals surface area contributed by atoms with Gasteiger partial charge in [-0.1, -0.05) is 36.1 Å². The number of anilines is 1. The quantitative estimate of drug-likeness (QED) is 0.579. The predicted octanol–water partition coefficient (Wildman–Crippen LogP) is 4.51. The van der Waals surface area contributed by atoms with Crippen LogP contribution in [0.1, 0.15) is 11.3 Å². The van der Waals surface area contributed by atoms with E-state index < -0.39 is 17.6 Å². The second-order valence-corrected chi connectivity index (χ2v) is 6.50. The highest BCUT2D eigenvalue weighted by atomic mass is 32.2. The summed E-state index contributed by atoms with van der Waals surface area (Å²) >= 11 is 6.19. The maximum Gasteiger partial charge on any atom is 0.416 e. The molecule has 122 valence electrons. The Morgan fingerprint density at radius 2 is 1.96 bits per heavy atom. The number of halogens is 3. The molecule has 0 aliphatic carbocycles. The number of thiocarbonyl (C=S) groups is 1. The molecule has 2 heterocycles. The van der Waals surface area contributed by atoms with Gasteiger partial charge in [-0.25, -0.2) is 0 Å². The number of hydrogen-bond donors (Lipinski definition) is 0. The minimum absolute atomic E-state index is 0.0942. The van der Waals surface area contributed by atoms with Gasteiger partial charge in [-0.05, 0) is 36.4 Å². The van der Waals surface area contributed by atoms with Crippen LogP contribution in [0.5, 0.6) is 0 Å².